The maximum atomic E-state index is 14.6. The summed E-state index contributed by atoms with van der Waals surface area (Å²) in [5, 5.41) is 17.1. The predicted molar refractivity (Wildman–Crippen MR) is 125 cm³/mol. The van der Waals surface area contributed by atoms with Gasteiger partial charge in [-0.1, -0.05) is 24.3 Å². The molecule has 0 saturated heterocycles. The Kier molecular flexibility index (Phi) is 8.37. The number of aromatic nitrogens is 2. The maximum Gasteiger partial charge on any atom is 0.259 e. The minimum atomic E-state index is -0.715. The third-order valence-corrected chi connectivity index (χ3v) is 4.59. The molecule has 168 valence electrons. The molecule has 2 aromatic rings. The number of ether oxygens (including phenoxy) is 1. The predicted octanol–water partition coefficient (Wildman–Crippen LogP) is 4.13. The quantitative estimate of drug-likeness (QED) is 0.256. The molecular weight excluding hydrogens is 435 g/mol. The molecule has 0 unspecified atom stereocenters. The van der Waals surface area contributed by atoms with Crippen LogP contribution in [0.4, 0.5) is 10.1 Å². The largest absolute Gasteiger partial charge is 0.453 e. The fraction of sp³-hybridized carbons (Fsp3) is 0.136. The molecule has 0 saturated carbocycles. The van der Waals surface area contributed by atoms with E-state index in [1.54, 1.807) is 33.2 Å². The van der Waals surface area contributed by atoms with Gasteiger partial charge in [-0.3, -0.25) is 4.79 Å². The molecule has 2 rings (SSSR count). The monoisotopic (exact) mass is 458 g/mol. The van der Waals surface area contributed by atoms with Crippen molar-refractivity contribution >= 4 is 35.1 Å². The number of rotatable bonds is 9. The number of nitrogens with zero attached hydrogens (tertiary/aromatic N) is 2. The number of hydrogen-bond acceptors (Lipinski definition) is 6. The zero-order valence-electron chi connectivity index (χ0n) is 17.9. The Morgan fingerprint density at radius 1 is 1.44 bits per heavy atom. The van der Waals surface area contributed by atoms with Crippen LogP contribution >= 0.6 is 11.6 Å². The summed E-state index contributed by atoms with van der Waals surface area (Å²) >= 11 is 6.07. The number of nitrogens with one attached hydrogen (secondary N) is 3. The number of hydrogen-bond donors (Lipinski definition) is 4. The summed E-state index contributed by atoms with van der Waals surface area (Å²) in [5.41, 5.74) is 7.13. The molecule has 1 aromatic heterocycles. The molecule has 0 radical (unpaired) electrons. The van der Waals surface area contributed by atoms with E-state index in [1.165, 1.54) is 29.1 Å². The molecule has 32 heavy (non-hydrogen) atoms. The molecule has 0 aliphatic carbocycles. The molecule has 0 fully saturated rings. The average Bonchev–Trinajstić information content (AvgIpc) is 3.14. The summed E-state index contributed by atoms with van der Waals surface area (Å²) in [6.07, 6.45) is 7.24. The van der Waals surface area contributed by atoms with Crippen molar-refractivity contribution in [1.29, 1.82) is 5.41 Å². The number of nitrogens with two attached hydrogens (primary N) is 1. The first-order chi connectivity index (χ1) is 15.2. The second kappa shape index (κ2) is 11.0. The van der Waals surface area contributed by atoms with E-state index >= 15 is 0 Å². The lowest BCUT2D eigenvalue weighted by Gasteiger charge is -2.12. The van der Waals surface area contributed by atoms with E-state index in [0.717, 1.165) is 12.3 Å². The summed E-state index contributed by atoms with van der Waals surface area (Å²) < 4.78 is 21.6. The van der Waals surface area contributed by atoms with Gasteiger partial charge in [0.1, 0.15) is 10.8 Å². The molecule has 0 aliphatic heterocycles. The van der Waals surface area contributed by atoms with Gasteiger partial charge in [-0.15, -0.1) is 0 Å². The van der Waals surface area contributed by atoms with E-state index in [1.807, 2.05) is 0 Å². The van der Waals surface area contributed by atoms with Gasteiger partial charge in [-0.2, -0.15) is 5.10 Å². The van der Waals surface area contributed by atoms with E-state index in [0.29, 0.717) is 11.4 Å². The van der Waals surface area contributed by atoms with Gasteiger partial charge in [0, 0.05) is 36.9 Å². The first kappa shape index (κ1) is 24.4. The second-order valence-electron chi connectivity index (χ2n) is 6.46. The Morgan fingerprint density at radius 3 is 2.72 bits per heavy atom. The molecule has 10 heteroatoms. The van der Waals surface area contributed by atoms with E-state index < -0.39 is 11.7 Å². The molecule has 0 atom stereocenters. The molecule has 0 bridgehead atoms. The third-order valence-electron chi connectivity index (χ3n) is 4.17. The van der Waals surface area contributed by atoms with E-state index in [9.17, 15) is 9.18 Å². The van der Waals surface area contributed by atoms with Crippen molar-refractivity contribution < 1.29 is 13.9 Å². The number of halogens is 2. The Morgan fingerprint density at radius 2 is 2.16 bits per heavy atom. The van der Waals surface area contributed by atoms with Crippen molar-refractivity contribution in [3.05, 3.63) is 82.9 Å². The topological polar surface area (TPSA) is 118 Å². The van der Waals surface area contributed by atoms with E-state index in [-0.39, 0.29) is 33.5 Å². The summed E-state index contributed by atoms with van der Waals surface area (Å²) in [4.78, 5) is 12.7. The van der Waals surface area contributed by atoms with Crippen LogP contribution in [0.3, 0.4) is 0 Å². The van der Waals surface area contributed by atoms with Gasteiger partial charge in [-0.25, -0.2) is 9.07 Å². The number of benzene rings is 1. The third kappa shape index (κ3) is 5.64. The van der Waals surface area contributed by atoms with Crippen molar-refractivity contribution in [2.24, 2.45) is 5.73 Å². The zero-order valence-corrected chi connectivity index (χ0v) is 18.6. The van der Waals surface area contributed by atoms with Gasteiger partial charge >= 0.3 is 0 Å². The van der Waals surface area contributed by atoms with Gasteiger partial charge in [-0.05, 0) is 32.1 Å². The Labute approximate surface area is 190 Å². The van der Waals surface area contributed by atoms with Crippen molar-refractivity contribution in [3.63, 3.8) is 0 Å². The molecule has 0 aliphatic rings. The highest BCUT2D eigenvalue weighted by Crippen LogP contribution is 2.26. The van der Waals surface area contributed by atoms with Gasteiger partial charge in [0.15, 0.2) is 11.6 Å². The van der Waals surface area contributed by atoms with Crippen LogP contribution in [0.5, 0.6) is 5.75 Å². The first-order valence-corrected chi connectivity index (χ1v) is 9.80. The number of carbonyl (C=O) groups excluding carboxylic acids is 1. The fourth-order valence-electron chi connectivity index (χ4n) is 2.64. The molecule has 1 aromatic carbocycles. The first-order valence-electron chi connectivity index (χ1n) is 9.42. The second-order valence-corrected chi connectivity index (χ2v) is 6.84. The van der Waals surface area contributed by atoms with Gasteiger partial charge in [0.25, 0.3) is 5.91 Å². The van der Waals surface area contributed by atoms with Crippen LogP contribution in [-0.2, 0) is 0 Å². The molecule has 5 N–H and O–H groups in total. The SMILES string of the molecule is C=C(N)/C(Cl)=C(\C=C/C)Oc1ccc(NC(=O)c2cnn(/C(C=N)=C/NC)c2C)cc1F. The Hall–Kier alpha value is -3.85. The van der Waals surface area contributed by atoms with Crippen LogP contribution in [0.1, 0.15) is 23.0 Å². The highest BCUT2D eigenvalue weighted by Gasteiger charge is 2.17. The molecule has 1 heterocycles. The maximum absolute atomic E-state index is 14.6. The van der Waals surface area contributed by atoms with Crippen molar-refractivity contribution in [2.75, 3.05) is 12.4 Å². The van der Waals surface area contributed by atoms with Crippen LogP contribution in [0.15, 0.2) is 65.8 Å². The van der Waals surface area contributed by atoms with Crippen LogP contribution in [-0.4, -0.2) is 28.9 Å². The number of amides is 1. The summed E-state index contributed by atoms with van der Waals surface area (Å²) in [7, 11) is 1.69. The minimum Gasteiger partial charge on any atom is -0.453 e. The minimum absolute atomic E-state index is 0.0592. The Balaban J connectivity index is 2.25. The lowest BCUT2D eigenvalue weighted by molar-refractivity contribution is 0.102. The molecule has 1 amide bonds. The summed E-state index contributed by atoms with van der Waals surface area (Å²) in [5.74, 6) is -1.16. The highest BCUT2D eigenvalue weighted by molar-refractivity contribution is 6.32. The molecular formula is C22H24ClFN6O2. The van der Waals surface area contributed by atoms with Crippen molar-refractivity contribution in [2.45, 2.75) is 13.8 Å². The average molecular weight is 459 g/mol. The summed E-state index contributed by atoms with van der Waals surface area (Å²) in [6, 6.07) is 3.96. The van der Waals surface area contributed by atoms with Crippen molar-refractivity contribution in [3.8, 4) is 5.75 Å². The standard InChI is InChI=1S/C22H24ClFN6O2/c1-5-6-20(21(23)13(2)26)32-19-8-7-15(9-18(19)24)29-22(31)17-12-28-30(14(17)3)16(10-25)11-27-4/h5-12,25,27H,2,26H2,1,3-4H3,(H,29,31)/b6-5-,16-11+,21-20-,25-10?. The van der Waals surface area contributed by atoms with Crippen molar-refractivity contribution in [1.82, 2.24) is 15.1 Å². The van der Waals surface area contributed by atoms with Gasteiger partial charge < -0.3 is 26.5 Å². The normalized spacial score (nSPS) is 12.3. The number of anilines is 1. The lowest BCUT2D eigenvalue weighted by atomic mass is 10.2. The number of allylic oxidation sites excluding steroid dienone is 4. The molecule has 0 spiro atoms. The highest BCUT2D eigenvalue weighted by atomic mass is 35.5. The van der Waals surface area contributed by atoms with Crippen LogP contribution in [0, 0.1) is 18.2 Å². The number of carbonyl (C=O) groups is 1. The van der Waals surface area contributed by atoms with E-state index in [2.05, 4.69) is 22.3 Å². The fourth-order valence-corrected chi connectivity index (χ4v) is 2.75. The Bertz CT molecular complexity index is 1130. The van der Waals surface area contributed by atoms with Gasteiger partial charge in [0.2, 0.25) is 0 Å². The smallest absolute Gasteiger partial charge is 0.259 e. The lowest BCUT2D eigenvalue weighted by Crippen LogP contribution is -2.14. The molecule has 8 nitrogen and oxygen atoms in total. The van der Waals surface area contributed by atoms with Crippen LogP contribution < -0.4 is 21.1 Å². The summed E-state index contributed by atoms with van der Waals surface area (Å²) in [6.45, 7) is 6.97. The van der Waals surface area contributed by atoms with Gasteiger partial charge in [0.05, 0.1) is 23.2 Å². The zero-order chi connectivity index (χ0) is 23.8. The van der Waals surface area contributed by atoms with E-state index in [4.69, 9.17) is 27.5 Å². The van der Waals surface area contributed by atoms with Crippen LogP contribution in [0.2, 0.25) is 0 Å². The van der Waals surface area contributed by atoms with Crippen LogP contribution in [0.25, 0.3) is 5.70 Å².